The maximum absolute atomic E-state index is 11.5. The molecule has 0 saturated carbocycles. The molecule has 20 heavy (non-hydrogen) atoms. The first-order valence-electron chi connectivity index (χ1n) is 6.30. The number of carbonyl (C=O) groups excluding carboxylic acids is 1. The molecule has 1 aromatic rings. The summed E-state index contributed by atoms with van der Waals surface area (Å²) in [5.41, 5.74) is 0.634. The van der Waals surface area contributed by atoms with E-state index in [1.807, 2.05) is 19.1 Å². The molecule has 0 aliphatic carbocycles. The van der Waals surface area contributed by atoms with Crippen molar-refractivity contribution in [3.05, 3.63) is 52.1 Å². The number of ether oxygens (including phenoxy) is 1. The van der Waals surface area contributed by atoms with Gasteiger partial charge in [-0.3, -0.25) is 4.79 Å². The lowest BCUT2D eigenvalue weighted by Gasteiger charge is -2.05. The number of carbonyl (C=O) groups is 1. The molecule has 108 valence electrons. The molecule has 0 saturated heterocycles. The second-order valence-corrected chi connectivity index (χ2v) is 4.08. The molecular weight excluding hydrogens is 262 g/mol. The molecule has 1 rings (SSSR count). The molecule has 0 unspecified atom stereocenters. The number of nitrogens with zero attached hydrogens (tertiary/aromatic N) is 1. The van der Waals surface area contributed by atoms with Gasteiger partial charge in [-0.15, -0.1) is 10.1 Å². The molecule has 6 heteroatoms. The van der Waals surface area contributed by atoms with Gasteiger partial charge >= 0.3 is 5.97 Å². The van der Waals surface area contributed by atoms with Gasteiger partial charge in [-0.2, -0.15) is 0 Å². The Balaban J connectivity index is 2.36. The van der Waals surface area contributed by atoms with E-state index in [4.69, 9.17) is 4.74 Å². The molecule has 6 nitrogen and oxygen atoms in total. The molecule has 0 radical (unpaired) electrons. The molecule has 0 aliphatic heterocycles. The zero-order valence-electron chi connectivity index (χ0n) is 11.3. The van der Waals surface area contributed by atoms with Gasteiger partial charge in [0.2, 0.25) is 0 Å². The summed E-state index contributed by atoms with van der Waals surface area (Å²) in [5.74, 6) is 0.134. The molecule has 0 bridgehead atoms. The summed E-state index contributed by atoms with van der Waals surface area (Å²) >= 11 is 0. The van der Waals surface area contributed by atoms with E-state index in [0.29, 0.717) is 17.7 Å². The third kappa shape index (κ3) is 6.53. The Labute approximate surface area is 117 Å². The zero-order chi connectivity index (χ0) is 14.8. The third-order valence-electron chi connectivity index (χ3n) is 2.48. The summed E-state index contributed by atoms with van der Waals surface area (Å²) in [5, 5.41) is 9.19. The second-order valence-electron chi connectivity index (χ2n) is 4.08. The molecular formula is C14H17NO5. The maximum atomic E-state index is 11.5. The summed E-state index contributed by atoms with van der Waals surface area (Å²) in [6.45, 7) is 1.81. The van der Waals surface area contributed by atoms with Crippen LogP contribution in [0.15, 0.2) is 36.4 Å². The fourth-order valence-electron chi connectivity index (χ4n) is 1.49. The average Bonchev–Trinajstić information content (AvgIpc) is 2.43. The van der Waals surface area contributed by atoms with Gasteiger partial charge in [-0.1, -0.05) is 24.3 Å². The molecule has 1 aromatic carbocycles. The highest BCUT2D eigenvalue weighted by Gasteiger charge is 2.04. The van der Waals surface area contributed by atoms with Crippen LogP contribution in [0, 0.1) is 10.1 Å². The minimum atomic E-state index is -0.849. The Bertz CT molecular complexity index is 467. The van der Waals surface area contributed by atoms with Crippen LogP contribution in [0.2, 0.25) is 0 Å². The SMILES string of the molecule is C/C=C\CCCC(=O)Oc1ccc(CO[N+](=O)[O-])cc1. The number of benzene rings is 1. The summed E-state index contributed by atoms with van der Waals surface area (Å²) in [6.07, 6.45) is 5.89. The molecule has 0 fully saturated rings. The number of hydrogen-bond donors (Lipinski definition) is 0. The standard InChI is InChI=1S/C14H17NO5/c1-2-3-4-5-6-14(16)20-13-9-7-12(8-10-13)11-19-15(17)18/h2-3,7-10H,4-6,11H2,1H3/b3-2-. The van der Waals surface area contributed by atoms with Crippen molar-refractivity contribution in [2.75, 3.05) is 0 Å². The molecule has 0 atom stereocenters. The van der Waals surface area contributed by atoms with Gasteiger partial charge in [0.05, 0.1) is 0 Å². The summed E-state index contributed by atoms with van der Waals surface area (Å²) in [6, 6.07) is 6.41. The first kappa shape index (κ1) is 15.7. The monoisotopic (exact) mass is 279 g/mol. The fraction of sp³-hybridized carbons (Fsp3) is 0.357. The van der Waals surface area contributed by atoms with Crippen molar-refractivity contribution in [2.45, 2.75) is 32.8 Å². The predicted molar refractivity (Wildman–Crippen MR) is 72.5 cm³/mol. The van der Waals surface area contributed by atoms with Gasteiger partial charge in [0, 0.05) is 6.42 Å². The van der Waals surface area contributed by atoms with Crippen molar-refractivity contribution in [1.29, 1.82) is 0 Å². The fourth-order valence-corrected chi connectivity index (χ4v) is 1.49. The zero-order valence-corrected chi connectivity index (χ0v) is 11.3. The number of allylic oxidation sites excluding steroid dienone is 2. The Kier molecular flexibility index (Phi) is 6.81. The van der Waals surface area contributed by atoms with E-state index in [-0.39, 0.29) is 12.6 Å². The Morgan fingerprint density at radius 3 is 2.65 bits per heavy atom. The molecule has 0 aliphatic rings. The first-order valence-corrected chi connectivity index (χ1v) is 6.30. The normalized spacial score (nSPS) is 10.4. The van der Waals surface area contributed by atoms with Crippen LogP contribution < -0.4 is 4.74 Å². The van der Waals surface area contributed by atoms with Crippen molar-refractivity contribution < 1.29 is 19.5 Å². The Morgan fingerprint density at radius 2 is 2.05 bits per heavy atom. The van der Waals surface area contributed by atoms with Crippen LogP contribution in [0.1, 0.15) is 31.7 Å². The number of hydrogen-bond acceptors (Lipinski definition) is 5. The van der Waals surface area contributed by atoms with Crippen molar-refractivity contribution in [1.82, 2.24) is 0 Å². The van der Waals surface area contributed by atoms with Crippen molar-refractivity contribution in [3.8, 4) is 5.75 Å². The van der Waals surface area contributed by atoms with Crippen LogP contribution >= 0.6 is 0 Å². The molecule has 0 aromatic heterocycles. The van der Waals surface area contributed by atoms with Crippen molar-refractivity contribution >= 4 is 5.97 Å². The summed E-state index contributed by atoms with van der Waals surface area (Å²) in [4.78, 5) is 25.8. The van der Waals surface area contributed by atoms with E-state index in [2.05, 4.69) is 4.84 Å². The predicted octanol–water partition coefficient (Wildman–Crippen LogP) is 3.05. The van der Waals surface area contributed by atoms with E-state index in [1.165, 1.54) is 0 Å². The minimum absolute atomic E-state index is 0.120. The second kappa shape index (κ2) is 8.68. The Morgan fingerprint density at radius 1 is 1.35 bits per heavy atom. The van der Waals surface area contributed by atoms with Gasteiger partial charge in [0.25, 0.3) is 5.09 Å². The maximum Gasteiger partial charge on any atom is 0.311 e. The number of rotatable bonds is 8. The van der Waals surface area contributed by atoms with Gasteiger partial charge in [0.15, 0.2) is 0 Å². The lowest BCUT2D eigenvalue weighted by Crippen LogP contribution is -2.07. The van der Waals surface area contributed by atoms with E-state index in [0.717, 1.165) is 12.8 Å². The highest BCUT2D eigenvalue weighted by Crippen LogP contribution is 2.14. The minimum Gasteiger partial charge on any atom is -0.427 e. The van der Waals surface area contributed by atoms with Crippen LogP contribution in [0.3, 0.4) is 0 Å². The first-order chi connectivity index (χ1) is 9.61. The average molecular weight is 279 g/mol. The number of esters is 1. The van der Waals surface area contributed by atoms with Gasteiger partial charge in [-0.25, -0.2) is 0 Å². The van der Waals surface area contributed by atoms with Crippen LogP contribution in [-0.2, 0) is 16.2 Å². The van der Waals surface area contributed by atoms with E-state index in [9.17, 15) is 14.9 Å². The topological polar surface area (TPSA) is 78.7 Å². The smallest absolute Gasteiger partial charge is 0.311 e. The molecule has 0 N–H and O–H groups in total. The van der Waals surface area contributed by atoms with E-state index >= 15 is 0 Å². The lowest BCUT2D eigenvalue weighted by atomic mass is 10.2. The van der Waals surface area contributed by atoms with E-state index in [1.54, 1.807) is 24.3 Å². The Hall–Kier alpha value is -2.37. The molecule has 0 heterocycles. The van der Waals surface area contributed by atoms with Crippen molar-refractivity contribution in [3.63, 3.8) is 0 Å². The highest BCUT2D eigenvalue weighted by molar-refractivity contribution is 5.72. The van der Waals surface area contributed by atoms with Crippen LogP contribution in [-0.4, -0.2) is 11.1 Å². The third-order valence-corrected chi connectivity index (χ3v) is 2.48. The molecule has 0 spiro atoms. The van der Waals surface area contributed by atoms with E-state index < -0.39 is 5.09 Å². The highest BCUT2D eigenvalue weighted by atomic mass is 16.9. The number of unbranched alkanes of at least 4 members (excludes halogenated alkanes) is 1. The molecule has 0 amide bonds. The van der Waals surface area contributed by atoms with Gasteiger partial charge in [-0.05, 0) is 37.5 Å². The quantitative estimate of drug-likeness (QED) is 0.182. The van der Waals surface area contributed by atoms with Crippen LogP contribution in [0.25, 0.3) is 0 Å². The van der Waals surface area contributed by atoms with Gasteiger partial charge < -0.3 is 9.57 Å². The van der Waals surface area contributed by atoms with Crippen molar-refractivity contribution in [2.24, 2.45) is 0 Å². The van der Waals surface area contributed by atoms with Crippen LogP contribution in [0.5, 0.6) is 5.75 Å². The largest absolute Gasteiger partial charge is 0.427 e. The summed E-state index contributed by atoms with van der Waals surface area (Å²) in [7, 11) is 0. The summed E-state index contributed by atoms with van der Waals surface area (Å²) < 4.78 is 5.14. The van der Waals surface area contributed by atoms with Gasteiger partial charge in [0.1, 0.15) is 12.4 Å². The lowest BCUT2D eigenvalue weighted by molar-refractivity contribution is -0.763. The van der Waals surface area contributed by atoms with Crippen LogP contribution in [0.4, 0.5) is 0 Å².